The number of hydrogen-bond acceptors (Lipinski definition) is 4. The summed E-state index contributed by atoms with van der Waals surface area (Å²) in [5.41, 5.74) is 8.27. The number of carbonyl (C=O) groups is 1. The quantitative estimate of drug-likeness (QED) is 0.592. The zero-order chi connectivity index (χ0) is 17.0. The molecule has 1 heterocycles. The summed E-state index contributed by atoms with van der Waals surface area (Å²) in [7, 11) is -1.82. The molecule has 1 aromatic carbocycles. The van der Waals surface area contributed by atoms with Gasteiger partial charge in [-0.2, -0.15) is 0 Å². The highest BCUT2D eigenvalue weighted by molar-refractivity contribution is 7.89. The van der Waals surface area contributed by atoms with Crippen molar-refractivity contribution in [2.45, 2.75) is 20.0 Å². The maximum atomic E-state index is 11.4. The first-order chi connectivity index (χ1) is 10.9. The highest BCUT2D eigenvalue weighted by Gasteiger charge is 2.15. The van der Waals surface area contributed by atoms with Crippen LogP contribution in [-0.2, 0) is 27.9 Å². The molecule has 0 aliphatic heterocycles. The fourth-order valence-corrected chi connectivity index (χ4v) is 3.22. The second kappa shape index (κ2) is 7.12. The Morgan fingerprint density at radius 2 is 2.00 bits per heavy atom. The Morgan fingerprint density at radius 3 is 2.65 bits per heavy atom. The third kappa shape index (κ3) is 4.10. The Labute approximate surface area is 135 Å². The van der Waals surface area contributed by atoms with Gasteiger partial charge in [-0.05, 0) is 25.6 Å². The molecule has 2 aromatic rings. The van der Waals surface area contributed by atoms with Crippen LogP contribution < -0.4 is 15.8 Å². The SMILES string of the molecule is CNS(=O)(=O)CCNCc1c(C)n(CC(N)=O)c2ccccc12. The maximum Gasteiger partial charge on any atom is 0.237 e. The van der Waals surface area contributed by atoms with Crippen LogP contribution in [0, 0.1) is 6.92 Å². The number of para-hydroxylation sites is 1. The Morgan fingerprint density at radius 1 is 1.30 bits per heavy atom. The van der Waals surface area contributed by atoms with E-state index in [0.717, 1.165) is 22.2 Å². The van der Waals surface area contributed by atoms with Gasteiger partial charge in [-0.15, -0.1) is 0 Å². The number of primary amides is 1. The lowest BCUT2D eigenvalue weighted by atomic mass is 10.1. The van der Waals surface area contributed by atoms with Gasteiger partial charge in [-0.25, -0.2) is 13.1 Å². The normalized spacial score (nSPS) is 11.9. The lowest BCUT2D eigenvalue weighted by Crippen LogP contribution is -2.29. The molecule has 1 aromatic heterocycles. The first-order valence-corrected chi connectivity index (χ1v) is 8.98. The summed E-state index contributed by atoms with van der Waals surface area (Å²) in [5, 5.41) is 4.18. The molecule has 7 nitrogen and oxygen atoms in total. The summed E-state index contributed by atoms with van der Waals surface area (Å²) < 4.78 is 27.0. The van der Waals surface area contributed by atoms with Crippen LogP contribution in [0.2, 0.25) is 0 Å². The number of rotatable bonds is 8. The van der Waals surface area contributed by atoms with E-state index in [1.807, 2.05) is 35.8 Å². The predicted molar refractivity (Wildman–Crippen MR) is 90.4 cm³/mol. The molecule has 4 N–H and O–H groups in total. The molecule has 1 amide bonds. The van der Waals surface area contributed by atoms with Gasteiger partial charge in [0.15, 0.2) is 0 Å². The maximum absolute atomic E-state index is 11.4. The summed E-state index contributed by atoms with van der Waals surface area (Å²) in [6, 6.07) is 7.78. The van der Waals surface area contributed by atoms with E-state index >= 15 is 0 Å². The summed E-state index contributed by atoms with van der Waals surface area (Å²) >= 11 is 0. The van der Waals surface area contributed by atoms with Crippen LogP contribution in [0.1, 0.15) is 11.3 Å². The molecule has 0 bridgehead atoms. The zero-order valence-electron chi connectivity index (χ0n) is 13.3. The number of benzene rings is 1. The molecule has 0 spiro atoms. The second-order valence-electron chi connectivity index (χ2n) is 5.33. The molecule has 0 saturated heterocycles. The topological polar surface area (TPSA) is 106 Å². The summed E-state index contributed by atoms with van der Waals surface area (Å²) in [4.78, 5) is 11.3. The molecule has 126 valence electrons. The Kier molecular flexibility index (Phi) is 5.40. The van der Waals surface area contributed by atoms with Crippen molar-refractivity contribution < 1.29 is 13.2 Å². The van der Waals surface area contributed by atoms with Crippen LogP contribution in [-0.4, -0.2) is 38.2 Å². The van der Waals surface area contributed by atoms with E-state index in [2.05, 4.69) is 10.0 Å². The average molecular weight is 338 g/mol. The first-order valence-electron chi connectivity index (χ1n) is 7.32. The third-order valence-electron chi connectivity index (χ3n) is 3.84. The van der Waals surface area contributed by atoms with Gasteiger partial charge in [0.1, 0.15) is 6.54 Å². The minimum Gasteiger partial charge on any atom is -0.368 e. The minimum absolute atomic E-state index is 0.0163. The van der Waals surface area contributed by atoms with Crippen LogP contribution in [0.4, 0.5) is 0 Å². The first kappa shape index (κ1) is 17.5. The van der Waals surface area contributed by atoms with Crippen LogP contribution in [0.5, 0.6) is 0 Å². The monoisotopic (exact) mass is 338 g/mol. The van der Waals surface area contributed by atoms with Crippen molar-refractivity contribution in [3.63, 3.8) is 0 Å². The zero-order valence-corrected chi connectivity index (χ0v) is 14.1. The summed E-state index contributed by atoms with van der Waals surface area (Å²) in [6.45, 7) is 2.93. The van der Waals surface area contributed by atoms with Crippen molar-refractivity contribution in [2.24, 2.45) is 5.73 Å². The van der Waals surface area contributed by atoms with Gasteiger partial charge in [0.25, 0.3) is 0 Å². The van der Waals surface area contributed by atoms with Gasteiger partial charge >= 0.3 is 0 Å². The number of amides is 1. The third-order valence-corrected chi connectivity index (χ3v) is 5.20. The smallest absolute Gasteiger partial charge is 0.237 e. The van der Waals surface area contributed by atoms with E-state index in [-0.39, 0.29) is 12.3 Å². The molecule has 0 radical (unpaired) electrons. The van der Waals surface area contributed by atoms with Crippen molar-refractivity contribution in [1.29, 1.82) is 0 Å². The second-order valence-corrected chi connectivity index (χ2v) is 7.38. The van der Waals surface area contributed by atoms with Crippen molar-refractivity contribution in [3.05, 3.63) is 35.5 Å². The number of aromatic nitrogens is 1. The molecule has 0 atom stereocenters. The van der Waals surface area contributed by atoms with E-state index in [9.17, 15) is 13.2 Å². The lowest BCUT2D eigenvalue weighted by Gasteiger charge is -2.07. The van der Waals surface area contributed by atoms with Gasteiger partial charge in [0, 0.05) is 29.7 Å². The number of nitrogens with two attached hydrogens (primary N) is 1. The highest BCUT2D eigenvalue weighted by atomic mass is 32.2. The van der Waals surface area contributed by atoms with E-state index in [1.165, 1.54) is 7.05 Å². The molecule has 8 heteroatoms. The van der Waals surface area contributed by atoms with Gasteiger partial charge in [-0.3, -0.25) is 4.79 Å². The van der Waals surface area contributed by atoms with E-state index in [1.54, 1.807) is 0 Å². The molecule has 23 heavy (non-hydrogen) atoms. The Bertz CT molecular complexity index is 811. The predicted octanol–water partition coefficient (Wildman–Crippen LogP) is 0.0738. The van der Waals surface area contributed by atoms with Gasteiger partial charge in [0.2, 0.25) is 15.9 Å². The standard InChI is InChI=1S/C15H22N4O3S/c1-11-13(9-18-7-8-23(21,22)17-2)12-5-3-4-6-14(12)19(11)10-15(16)20/h3-6,17-18H,7-10H2,1-2H3,(H2,16,20). The number of carbonyl (C=O) groups excluding carboxylic acids is 1. The van der Waals surface area contributed by atoms with Crippen LogP contribution >= 0.6 is 0 Å². The molecule has 0 aliphatic rings. The van der Waals surface area contributed by atoms with Crippen molar-refractivity contribution >= 4 is 26.8 Å². The fraction of sp³-hybridized carbons (Fsp3) is 0.400. The largest absolute Gasteiger partial charge is 0.368 e. The van der Waals surface area contributed by atoms with E-state index in [0.29, 0.717) is 13.1 Å². The Hall–Kier alpha value is -1.90. The van der Waals surface area contributed by atoms with Crippen molar-refractivity contribution in [3.8, 4) is 0 Å². The van der Waals surface area contributed by atoms with Gasteiger partial charge < -0.3 is 15.6 Å². The van der Waals surface area contributed by atoms with Crippen molar-refractivity contribution in [2.75, 3.05) is 19.3 Å². The number of sulfonamides is 1. The van der Waals surface area contributed by atoms with Crippen molar-refractivity contribution in [1.82, 2.24) is 14.6 Å². The van der Waals surface area contributed by atoms with E-state index in [4.69, 9.17) is 5.73 Å². The number of nitrogens with one attached hydrogen (secondary N) is 2. The summed E-state index contributed by atoms with van der Waals surface area (Å²) in [5.74, 6) is -0.379. The molecule has 2 rings (SSSR count). The van der Waals surface area contributed by atoms with Gasteiger partial charge in [-0.1, -0.05) is 18.2 Å². The number of fused-ring (bicyclic) bond motifs is 1. The molecule has 0 fully saturated rings. The fourth-order valence-electron chi connectivity index (χ4n) is 2.61. The molecule has 0 saturated carbocycles. The highest BCUT2D eigenvalue weighted by Crippen LogP contribution is 2.25. The molecule has 0 unspecified atom stereocenters. The number of hydrogen-bond donors (Lipinski definition) is 3. The van der Waals surface area contributed by atoms with Gasteiger partial charge in [0.05, 0.1) is 5.75 Å². The van der Waals surface area contributed by atoms with Crippen LogP contribution in [0.15, 0.2) is 24.3 Å². The molecular weight excluding hydrogens is 316 g/mol. The number of nitrogens with zero attached hydrogens (tertiary/aromatic N) is 1. The minimum atomic E-state index is -3.22. The van der Waals surface area contributed by atoms with E-state index < -0.39 is 15.9 Å². The van der Waals surface area contributed by atoms with Crippen LogP contribution in [0.3, 0.4) is 0 Å². The van der Waals surface area contributed by atoms with Crippen LogP contribution in [0.25, 0.3) is 10.9 Å². The molecule has 0 aliphatic carbocycles. The Balaban J connectivity index is 2.20. The lowest BCUT2D eigenvalue weighted by molar-refractivity contribution is -0.118. The summed E-state index contributed by atoms with van der Waals surface area (Å²) in [6.07, 6.45) is 0. The molecular formula is C15H22N4O3S. The average Bonchev–Trinajstić information content (AvgIpc) is 2.76.